The van der Waals surface area contributed by atoms with Gasteiger partial charge in [-0.15, -0.1) is 0 Å². The van der Waals surface area contributed by atoms with Gasteiger partial charge in [0.2, 0.25) is 5.89 Å². The average Bonchev–Trinajstić information content (AvgIpc) is 3.89. The Morgan fingerprint density at radius 3 is 1.49 bits per heavy atom. The summed E-state index contributed by atoms with van der Waals surface area (Å²) in [5.74, 6) is 0.599. The number of rotatable bonds is 7. The lowest BCUT2D eigenvalue weighted by Gasteiger charge is -2.26. The predicted molar refractivity (Wildman–Crippen MR) is 235 cm³/mol. The van der Waals surface area contributed by atoms with Crippen LogP contribution in [0.3, 0.4) is 0 Å². The number of aromatic nitrogens is 1. The molecule has 4 heteroatoms. The Morgan fingerprint density at radius 1 is 0.351 bits per heavy atom. The molecule has 0 fully saturated rings. The first-order chi connectivity index (χ1) is 28.2. The highest BCUT2D eigenvalue weighted by Gasteiger charge is 2.18. The molecule has 11 aromatic rings. The summed E-state index contributed by atoms with van der Waals surface area (Å²) in [5.41, 5.74) is 14.3. The molecule has 0 amide bonds. The molecule has 0 N–H and O–H groups in total. The summed E-state index contributed by atoms with van der Waals surface area (Å²) in [6.07, 6.45) is 0. The largest absolute Gasteiger partial charge is 0.456 e. The number of hydrogen-bond acceptors (Lipinski definition) is 4. The Labute approximate surface area is 329 Å². The quantitative estimate of drug-likeness (QED) is 0.164. The number of benzene rings is 9. The van der Waals surface area contributed by atoms with E-state index in [0.717, 1.165) is 66.8 Å². The van der Waals surface area contributed by atoms with Crippen LogP contribution in [-0.2, 0) is 0 Å². The predicted octanol–water partition coefficient (Wildman–Crippen LogP) is 15.0. The molecule has 268 valence electrons. The van der Waals surface area contributed by atoms with E-state index in [1.165, 1.54) is 33.0 Å². The lowest BCUT2D eigenvalue weighted by atomic mass is 10.00. The summed E-state index contributed by atoms with van der Waals surface area (Å²) in [6.45, 7) is 0. The SMILES string of the molecule is c1ccc(-c2ccc(N(c3ccc(-c4ccc5ccccc5c4)cc3)c3ccc(-c4ccc5oc6ccc7nc(-c8ccccc8)oc7c6c5c4)cc3)cc2)cc1. The van der Waals surface area contributed by atoms with Crippen molar-refractivity contribution in [1.82, 2.24) is 4.98 Å². The van der Waals surface area contributed by atoms with Crippen molar-refractivity contribution < 1.29 is 8.83 Å². The highest BCUT2D eigenvalue weighted by atomic mass is 16.4. The van der Waals surface area contributed by atoms with Gasteiger partial charge >= 0.3 is 0 Å². The maximum atomic E-state index is 6.41. The first kappa shape index (κ1) is 32.7. The highest BCUT2D eigenvalue weighted by molar-refractivity contribution is 6.17. The standard InChI is InChI=1S/C53H34N2O2/c1-3-9-35(10-4-1)37-17-24-44(25-18-37)55(45-26-19-38(20-27-45)42-16-15-36-11-7-8-14-41(36)33-42)46-28-21-39(22-29-46)43-23-31-49-47(34-43)51-50(56-49)32-30-48-52(51)57-53(54-48)40-12-5-2-6-13-40/h1-34H. The van der Waals surface area contributed by atoms with E-state index < -0.39 is 0 Å². The van der Waals surface area contributed by atoms with Crippen molar-refractivity contribution in [1.29, 1.82) is 0 Å². The van der Waals surface area contributed by atoms with Gasteiger partial charge in [0.15, 0.2) is 5.58 Å². The zero-order valence-corrected chi connectivity index (χ0v) is 30.8. The van der Waals surface area contributed by atoms with Crippen LogP contribution in [0.5, 0.6) is 0 Å². The van der Waals surface area contributed by atoms with Gasteiger partial charge in [-0.05, 0) is 123 Å². The number of oxazole rings is 1. The average molecular weight is 731 g/mol. The second-order valence-corrected chi connectivity index (χ2v) is 14.4. The molecular formula is C53H34N2O2. The Morgan fingerprint density at radius 2 is 0.842 bits per heavy atom. The monoisotopic (exact) mass is 730 g/mol. The zero-order valence-electron chi connectivity index (χ0n) is 30.8. The van der Waals surface area contributed by atoms with E-state index in [9.17, 15) is 0 Å². The third-order valence-corrected chi connectivity index (χ3v) is 10.9. The van der Waals surface area contributed by atoms with Gasteiger partial charge in [-0.25, -0.2) is 4.98 Å². The summed E-state index contributed by atoms with van der Waals surface area (Å²) in [5, 5.41) is 4.42. The summed E-state index contributed by atoms with van der Waals surface area (Å²) in [7, 11) is 0. The van der Waals surface area contributed by atoms with Gasteiger partial charge in [0.25, 0.3) is 0 Å². The smallest absolute Gasteiger partial charge is 0.227 e. The molecule has 0 saturated heterocycles. The van der Waals surface area contributed by atoms with Crippen LogP contribution in [0.15, 0.2) is 215 Å². The van der Waals surface area contributed by atoms with Crippen LogP contribution in [0, 0.1) is 0 Å². The number of anilines is 3. The minimum atomic E-state index is 0.599. The second kappa shape index (κ2) is 13.6. The van der Waals surface area contributed by atoms with Crippen LogP contribution in [0.4, 0.5) is 17.1 Å². The van der Waals surface area contributed by atoms with Crippen LogP contribution in [0.25, 0.3) is 88.6 Å². The van der Waals surface area contributed by atoms with Gasteiger partial charge in [0.05, 0.1) is 5.39 Å². The van der Waals surface area contributed by atoms with E-state index in [-0.39, 0.29) is 0 Å². The molecule has 0 aliphatic heterocycles. The molecule has 0 atom stereocenters. The fourth-order valence-corrected chi connectivity index (χ4v) is 7.99. The van der Waals surface area contributed by atoms with Crippen molar-refractivity contribution in [3.05, 3.63) is 206 Å². The van der Waals surface area contributed by atoms with E-state index >= 15 is 0 Å². The van der Waals surface area contributed by atoms with Crippen LogP contribution in [0.2, 0.25) is 0 Å². The Balaban J connectivity index is 0.966. The molecule has 0 unspecified atom stereocenters. The van der Waals surface area contributed by atoms with Gasteiger partial charge in [-0.1, -0.05) is 127 Å². The molecule has 57 heavy (non-hydrogen) atoms. The van der Waals surface area contributed by atoms with E-state index in [4.69, 9.17) is 13.8 Å². The maximum Gasteiger partial charge on any atom is 0.227 e. The van der Waals surface area contributed by atoms with E-state index in [1.807, 2.05) is 42.5 Å². The van der Waals surface area contributed by atoms with Crippen LogP contribution in [0.1, 0.15) is 0 Å². The van der Waals surface area contributed by atoms with Crippen LogP contribution >= 0.6 is 0 Å². The first-order valence-corrected chi connectivity index (χ1v) is 19.2. The molecule has 2 heterocycles. The summed E-state index contributed by atoms with van der Waals surface area (Å²) in [4.78, 5) is 7.13. The zero-order chi connectivity index (χ0) is 37.7. The summed E-state index contributed by atoms with van der Waals surface area (Å²) >= 11 is 0. The second-order valence-electron chi connectivity index (χ2n) is 14.4. The van der Waals surface area contributed by atoms with Crippen LogP contribution < -0.4 is 4.90 Å². The van der Waals surface area contributed by atoms with Crippen LogP contribution in [-0.4, -0.2) is 4.98 Å². The van der Waals surface area contributed by atoms with Gasteiger partial charge in [0, 0.05) is 28.0 Å². The molecular weight excluding hydrogens is 697 g/mol. The summed E-state index contributed by atoms with van der Waals surface area (Å²) < 4.78 is 12.7. The van der Waals surface area contributed by atoms with E-state index in [2.05, 4.69) is 169 Å². The minimum Gasteiger partial charge on any atom is -0.456 e. The highest BCUT2D eigenvalue weighted by Crippen LogP contribution is 2.41. The fourth-order valence-electron chi connectivity index (χ4n) is 7.99. The van der Waals surface area contributed by atoms with Gasteiger partial charge in [0.1, 0.15) is 16.7 Å². The molecule has 0 radical (unpaired) electrons. The molecule has 0 spiro atoms. The van der Waals surface area contributed by atoms with E-state index in [0.29, 0.717) is 5.89 Å². The van der Waals surface area contributed by atoms with Gasteiger partial charge in [-0.3, -0.25) is 0 Å². The Hall–Kier alpha value is -7.69. The van der Waals surface area contributed by atoms with Crippen molar-refractivity contribution in [3.8, 4) is 44.8 Å². The number of furan rings is 1. The molecule has 0 bridgehead atoms. The third kappa shape index (κ3) is 5.92. The number of fused-ring (bicyclic) bond motifs is 6. The molecule has 0 aliphatic carbocycles. The fraction of sp³-hybridized carbons (Fsp3) is 0. The molecule has 2 aromatic heterocycles. The van der Waals surface area contributed by atoms with Crippen molar-refractivity contribution >= 4 is 60.9 Å². The van der Waals surface area contributed by atoms with Gasteiger partial charge < -0.3 is 13.7 Å². The lowest BCUT2D eigenvalue weighted by Crippen LogP contribution is -2.09. The lowest BCUT2D eigenvalue weighted by molar-refractivity contribution is 0.622. The number of hydrogen-bond donors (Lipinski definition) is 0. The van der Waals surface area contributed by atoms with Crippen molar-refractivity contribution in [2.45, 2.75) is 0 Å². The first-order valence-electron chi connectivity index (χ1n) is 19.2. The molecule has 9 aromatic carbocycles. The molecule has 0 saturated carbocycles. The van der Waals surface area contributed by atoms with Crippen molar-refractivity contribution in [2.75, 3.05) is 4.90 Å². The molecule has 4 nitrogen and oxygen atoms in total. The molecule has 0 aliphatic rings. The summed E-state index contributed by atoms with van der Waals surface area (Å²) in [6, 6.07) is 72.5. The Bertz CT molecular complexity index is 3200. The molecule has 11 rings (SSSR count). The van der Waals surface area contributed by atoms with Gasteiger partial charge in [-0.2, -0.15) is 0 Å². The van der Waals surface area contributed by atoms with Crippen molar-refractivity contribution in [3.63, 3.8) is 0 Å². The van der Waals surface area contributed by atoms with E-state index in [1.54, 1.807) is 0 Å². The topological polar surface area (TPSA) is 42.4 Å². The normalized spacial score (nSPS) is 11.5. The van der Waals surface area contributed by atoms with Crippen molar-refractivity contribution in [2.24, 2.45) is 0 Å². The minimum absolute atomic E-state index is 0.599. The Kier molecular flexibility index (Phi) is 7.78. The third-order valence-electron chi connectivity index (χ3n) is 10.9. The number of nitrogens with zero attached hydrogens (tertiary/aromatic N) is 2. The maximum absolute atomic E-state index is 6.41.